The third kappa shape index (κ3) is 3.50. The number of benzene rings is 1. The second kappa shape index (κ2) is 7.00. The minimum Gasteiger partial charge on any atom is -0.350 e. The van der Waals surface area contributed by atoms with E-state index in [1.807, 2.05) is 0 Å². The van der Waals surface area contributed by atoms with Gasteiger partial charge in [-0.1, -0.05) is 6.07 Å². The van der Waals surface area contributed by atoms with Gasteiger partial charge in [0.15, 0.2) is 0 Å². The summed E-state index contributed by atoms with van der Waals surface area (Å²) >= 11 is 1.19. The molecule has 2 aromatic rings. The van der Waals surface area contributed by atoms with Gasteiger partial charge in [-0.25, -0.2) is 12.8 Å². The van der Waals surface area contributed by atoms with Crippen molar-refractivity contribution in [2.45, 2.75) is 23.1 Å². The standard InChI is InChI=1S/C16H17FN2O3S2/c17-13-7-5-12(6-8-13)16(20)18-11-14-3-1-9-19(14)24(21,22)15-4-2-10-23-15/h2,4-8,10,14H,1,3,9,11H2,(H,18,20)/t14-/m0/s1. The molecule has 1 amide bonds. The number of hydrogen-bond acceptors (Lipinski definition) is 4. The Balaban J connectivity index is 1.66. The van der Waals surface area contributed by atoms with E-state index >= 15 is 0 Å². The highest BCUT2D eigenvalue weighted by Crippen LogP contribution is 2.28. The quantitative estimate of drug-likeness (QED) is 0.882. The van der Waals surface area contributed by atoms with Crippen LogP contribution in [-0.4, -0.2) is 37.8 Å². The minimum atomic E-state index is -3.51. The van der Waals surface area contributed by atoms with Crippen LogP contribution in [0, 0.1) is 5.82 Å². The lowest BCUT2D eigenvalue weighted by molar-refractivity contribution is 0.0946. The van der Waals surface area contributed by atoms with Crippen molar-refractivity contribution >= 4 is 27.3 Å². The average molecular weight is 368 g/mol. The fourth-order valence-electron chi connectivity index (χ4n) is 2.77. The van der Waals surface area contributed by atoms with Crippen molar-refractivity contribution < 1.29 is 17.6 Å². The first-order valence-electron chi connectivity index (χ1n) is 7.57. The van der Waals surface area contributed by atoms with Crippen molar-refractivity contribution in [1.82, 2.24) is 9.62 Å². The molecule has 1 aromatic heterocycles. The van der Waals surface area contributed by atoms with Crippen LogP contribution in [0.2, 0.25) is 0 Å². The van der Waals surface area contributed by atoms with Gasteiger partial charge in [-0.05, 0) is 48.6 Å². The van der Waals surface area contributed by atoms with Crippen molar-refractivity contribution in [3.8, 4) is 0 Å². The Morgan fingerprint density at radius 1 is 1.29 bits per heavy atom. The number of halogens is 1. The van der Waals surface area contributed by atoms with Gasteiger partial charge in [0.25, 0.3) is 15.9 Å². The number of sulfonamides is 1. The molecule has 2 heterocycles. The minimum absolute atomic E-state index is 0.237. The predicted molar refractivity (Wildman–Crippen MR) is 90.0 cm³/mol. The number of nitrogens with one attached hydrogen (secondary N) is 1. The molecular weight excluding hydrogens is 351 g/mol. The van der Waals surface area contributed by atoms with Gasteiger partial charge in [0.05, 0.1) is 0 Å². The molecule has 8 heteroatoms. The number of amides is 1. The predicted octanol–water partition coefficient (Wildman–Crippen LogP) is 2.47. The Hall–Kier alpha value is -1.77. The lowest BCUT2D eigenvalue weighted by atomic mass is 10.2. The number of nitrogens with zero attached hydrogens (tertiary/aromatic N) is 1. The lowest BCUT2D eigenvalue weighted by Gasteiger charge is -2.23. The van der Waals surface area contributed by atoms with Gasteiger partial charge in [0.1, 0.15) is 10.0 Å². The molecule has 0 radical (unpaired) electrons. The summed E-state index contributed by atoms with van der Waals surface area (Å²) in [7, 11) is -3.51. The van der Waals surface area contributed by atoms with E-state index in [-0.39, 0.29) is 18.5 Å². The van der Waals surface area contributed by atoms with Crippen molar-refractivity contribution in [1.29, 1.82) is 0 Å². The largest absolute Gasteiger partial charge is 0.350 e. The van der Waals surface area contributed by atoms with E-state index in [9.17, 15) is 17.6 Å². The first-order chi connectivity index (χ1) is 11.5. The van der Waals surface area contributed by atoms with Crippen LogP contribution in [0.15, 0.2) is 46.0 Å². The van der Waals surface area contributed by atoms with Gasteiger partial charge < -0.3 is 5.32 Å². The van der Waals surface area contributed by atoms with Crippen molar-refractivity contribution in [2.75, 3.05) is 13.1 Å². The zero-order chi connectivity index (χ0) is 17.2. The van der Waals surface area contributed by atoms with E-state index in [2.05, 4.69) is 5.32 Å². The van der Waals surface area contributed by atoms with Crippen molar-refractivity contribution in [3.05, 3.63) is 53.2 Å². The number of thiophene rings is 1. The van der Waals surface area contributed by atoms with E-state index in [1.54, 1.807) is 17.5 Å². The smallest absolute Gasteiger partial charge is 0.252 e. The number of carbonyl (C=O) groups is 1. The molecule has 0 unspecified atom stereocenters. The lowest BCUT2D eigenvalue weighted by Crippen LogP contribution is -2.42. The fraction of sp³-hybridized carbons (Fsp3) is 0.312. The molecule has 1 atom stereocenters. The number of hydrogen-bond donors (Lipinski definition) is 1. The van der Waals surface area contributed by atoms with Crippen LogP contribution in [0.5, 0.6) is 0 Å². The average Bonchev–Trinajstić information content (AvgIpc) is 3.25. The summed E-state index contributed by atoms with van der Waals surface area (Å²) in [4.78, 5) is 12.1. The van der Waals surface area contributed by atoms with Crippen LogP contribution in [0.3, 0.4) is 0 Å². The van der Waals surface area contributed by atoms with Gasteiger partial charge in [-0.2, -0.15) is 4.31 Å². The maximum Gasteiger partial charge on any atom is 0.252 e. The molecule has 0 saturated carbocycles. The Bertz CT molecular complexity index is 804. The zero-order valence-corrected chi connectivity index (χ0v) is 14.4. The van der Waals surface area contributed by atoms with Gasteiger partial charge in [-0.15, -0.1) is 11.3 Å². The monoisotopic (exact) mass is 368 g/mol. The van der Waals surface area contributed by atoms with Gasteiger partial charge >= 0.3 is 0 Å². The molecule has 1 N–H and O–H groups in total. The summed E-state index contributed by atoms with van der Waals surface area (Å²) in [5.74, 6) is -0.745. The van der Waals surface area contributed by atoms with Crippen LogP contribution >= 0.6 is 11.3 Å². The van der Waals surface area contributed by atoms with E-state index in [1.165, 1.54) is 39.9 Å². The Morgan fingerprint density at radius 3 is 2.71 bits per heavy atom. The summed E-state index contributed by atoms with van der Waals surface area (Å²) in [6, 6.07) is 8.28. The molecule has 0 bridgehead atoms. The van der Waals surface area contributed by atoms with Gasteiger partial charge in [-0.3, -0.25) is 4.79 Å². The third-order valence-electron chi connectivity index (χ3n) is 3.99. The topological polar surface area (TPSA) is 66.5 Å². The second-order valence-corrected chi connectivity index (χ2v) is 8.63. The van der Waals surface area contributed by atoms with E-state index < -0.39 is 15.8 Å². The van der Waals surface area contributed by atoms with Crippen LogP contribution < -0.4 is 5.32 Å². The first kappa shape index (κ1) is 17.1. The maximum atomic E-state index is 12.9. The molecule has 1 fully saturated rings. The summed E-state index contributed by atoms with van der Waals surface area (Å²) in [6.45, 7) is 0.693. The molecular formula is C16H17FN2O3S2. The molecule has 1 aliphatic heterocycles. The summed E-state index contributed by atoms with van der Waals surface area (Å²) in [5, 5.41) is 4.47. The Kier molecular flexibility index (Phi) is 4.98. The molecule has 3 rings (SSSR count). The number of rotatable bonds is 5. The second-order valence-electron chi connectivity index (χ2n) is 5.56. The van der Waals surface area contributed by atoms with E-state index in [0.29, 0.717) is 22.7 Å². The zero-order valence-electron chi connectivity index (χ0n) is 12.8. The Morgan fingerprint density at radius 2 is 2.04 bits per heavy atom. The third-order valence-corrected chi connectivity index (χ3v) is 7.31. The molecule has 24 heavy (non-hydrogen) atoms. The van der Waals surface area contributed by atoms with E-state index in [0.717, 1.165) is 6.42 Å². The fourth-order valence-corrected chi connectivity index (χ4v) is 5.58. The normalized spacial score (nSPS) is 18.6. The SMILES string of the molecule is O=C(NC[C@@H]1CCCN1S(=O)(=O)c1cccs1)c1ccc(F)cc1. The maximum absolute atomic E-state index is 12.9. The summed E-state index contributed by atoms with van der Waals surface area (Å²) < 4.78 is 40.0. The molecule has 1 saturated heterocycles. The number of carbonyl (C=O) groups excluding carboxylic acids is 1. The molecule has 0 spiro atoms. The Labute approximate surface area is 144 Å². The van der Waals surface area contributed by atoms with Crippen molar-refractivity contribution in [3.63, 3.8) is 0 Å². The highest BCUT2D eigenvalue weighted by atomic mass is 32.2. The van der Waals surface area contributed by atoms with Crippen molar-refractivity contribution in [2.24, 2.45) is 0 Å². The molecule has 5 nitrogen and oxygen atoms in total. The van der Waals surface area contributed by atoms with Crippen LogP contribution in [0.1, 0.15) is 23.2 Å². The molecule has 1 aliphatic rings. The van der Waals surface area contributed by atoms with Crippen LogP contribution in [-0.2, 0) is 10.0 Å². The highest BCUT2D eigenvalue weighted by molar-refractivity contribution is 7.91. The summed E-state index contributed by atoms with van der Waals surface area (Å²) in [5.41, 5.74) is 0.349. The van der Waals surface area contributed by atoms with Gasteiger partial charge in [0, 0.05) is 24.7 Å². The van der Waals surface area contributed by atoms with Gasteiger partial charge in [0.2, 0.25) is 0 Å². The van der Waals surface area contributed by atoms with E-state index in [4.69, 9.17) is 0 Å². The van der Waals surface area contributed by atoms with Crippen LogP contribution in [0.25, 0.3) is 0 Å². The highest BCUT2D eigenvalue weighted by Gasteiger charge is 2.35. The molecule has 128 valence electrons. The molecule has 0 aliphatic carbocycles. The summed E-state index contributed by atoms with van der Waals surface area (Å²) in [6.07, 6.45) is 1.47. The first-order valence-corrected chi connectivity index (χ1v) is 9.89. The van der Waals surface area contributed by atoms with Crippen LogP contribution in [0.4, 0.5) is 4.39 Å². The molecule has 1 aromatic carbocycles.